The van der Waals surface area contributed by atoms with E-state index >= 15 is 0 Å². The van der Waals surface area contributed by atoms with Crippen molar-refractivity contribution in [3.8, 4) is 0 Å². The van der Waals surface area contributed by atoms with Gasteiger partial charge in [-0.2, -0.15) is 0 Å². The zero-order chi connectivity index (χ0) is 12.5. The van der Waals surface area contributed by atoms with Crippen LogP contribution in [0.1, 0.15) is 30.5 Å². The highest BCUT2D eigenvalue weighted by Crippen LogP contribution is 2.23. The molecule has 1 aliphatic heterocycles. The van der Waals surface area contributed by atoms with Gasteiger partial charge in [0.1, 0.15) is 0 Å². The summed E-state index contributed by atoms with van der Waals surface area (Å²) >= 11 is 0. The van der Waals surface area contributed by atoms with E-state index in [2.05, 4.69) is 16.4 Å². The molecule has 3 rings (SSSR count). The van der Waals surface area contributed by atoms with Crippen LogP contribution in [-0.4, -0.2) is 34.4 Å². The van der Waals surface area contributed by atoms with Crippen molar-refractivity contribution < 1.29 is 4.79 Å². The summed E-state index contributed by atoms with van der Waals surface area (Å²) in [7, 11) is 0. The summed E-state index contributed by atoms with van der Waals surface area (Å²) in [6, 6.07) is 4.70. The van der Waals surface area contributed by atoms with Gasteiger partial charge in [-0.1, -0.05) is 6.07 Å². The molecule has 1 aromatic rings. The predicted molar refractivity (Wildman–Crippen MR) is 69.0 cm³/mol. The van der Waals surface area contributed by atoms with Crippen molar-refractivity contribution in [2.24, 2.45) is 0 Å². The summed E-state index contributed by atoms with van der Waals surface area (Å²) < 4.78 is 0. The number of carbonyl (C=O) groups is 1. The molecule has 1 amide bonds. The third-order valence-electron chi connectivity index (χ3n) is 3.66. The van der Waals surface area contributed by atoms with Gasteiger partial charge >= 0.3 is 0 Å². The first kappa shape index (κ1) is 11.7. The first-order chi connectivity index (χ1) is 8.72. The van der Waals surface area contributed by atoms with Gasteiger partial charge in [0.2, 0.25) is 5.91 Å². The number of hydrogen-bond acceptors (Lipinski definition) is 3. The van der Waals surface area contributed by atoms with E-state index in [1.165, 1.54) is 12.8 Å². The van der Waals surface area contributed by atoms with Crippen LogP contribution in [0.25, 0.3) is 0 Å². The van der Waals surface area contributed by atoms with Gasteiger partial charge in [-0.3, -0.25) is 9.78 Å². The second-order valence-electron chi connectivity index (χ2n) is 5.35. The van der Waals surface area contributed by atoms with Crippen LogP contribution in [-0.2, 0) is 11.3 Å². The molecule has 2 aliphatic rings. The zero-order valence-corrected chi connectivity index (χ0v) is 10.7. The van der Waals surface area contributed by atoms with E-state index in [4.69, 9.17) is 0 Å². The molecular formula is C14H19N3O. The number of amides is 1. The Morgan fingerprint density at radius 3 is 2.89 bits per heavy atom. The van der Waals surface area contributed by atoms with Crippen LogP contribution in [0, 0.1) is 6.92 Å². The Bertz CT molecular complexity index is 439. The molecule has 0 aromatic carbocycles. The molecule has 1 aliphatic carbocycles. The number of rotatable bonds is 4. The minimum Gasteiger partial charge on any atom is -0.337 e. The van der Waals surface area contributed by atoms with E-state index in [0.717, 1.165) is 24.2 Å². The molecule has 96 valence electrons. The Morgan fingerprint density at radius 2 is 2.22 bits per heavy atom. The molecule has 0 bridgehead atoms. The highest BCUT2D eigenvalue weighted by molar-refractivity contribution is 5.84. The lowest BCUT2D eigenvalue weighted by molar-refractivity contribution is -0.129. The molecule has 0 radical (unpaired) electrons. The summed E-state index contributed by atoms with van der Waals surface area (Å²) in [5.74, 6) is 0.252. The van der Waals surface area contributed by atoms with E-state index in [-0.39, 0.29) is 11.9 Å². The van der Waals surface area contributed by atoms with Gasteiger partial charge in [-0.05, 0) is 37.8 Å². The van der Waals surface area contributed by atoms with Gasteiger partial charge in [0, 0.05) is 31.0 Å². The van der Waals surface area contributed by atoms with Gasteiger partial charge in [-0.25, -0.2) is 0 Å². The molecular weight excluding hydrogens is 226 g/mol. The topological polar surface area (TPSA) is 45.2 Å². The van der Waals surface area contributed by atoms with E-state index in [0.29, 0.717) is 12.6 Å². The third kappa shape index (κ3) is 2.53. The van der Waals surface area contributed by atoms with Crippen molar-refractivity contribution in [2.45, 2.75) is 44.8 Å². The van der Waals surface area contributed by atoms with Crippen LogP contribution in [0.15, 0.2) is 18.3 Å². The van der Waals surface area contributed by atoms with E-state index in [1.807, 2.05) is 24.1 Å². The minimum atomic E-state index is 0.0518. The quantitative estimate of drug-likeness (QED) is 0.868. The SMILES string of the molecule is Cc1ccc(CN2CCC(NC3CC3)C2=O)cn1. The maximum atomic E-state index is 12.2. The van der Waals surface area contributed by atoms with Crippen molar-refractivity contribution in [3.05, 3.63) is 29.6 Å². The highest BCUT2D eigenvalue weighted by atomic mass is 16.2. The van der Waals surface area contributed by atoms with Gasteiger partial charge in [-0.15, -0.1) is 0 Å². The number of pyridine rings is 1. The molecule has 1 saturated heterocycles. The summed E-state index contributed by atoms with van der Waals surface area (Å²) in [4.78, 5) is 18.4. The second-order valence-corrected chi connectivity index (χ2v) is 5.35. The smallest absolute Gasteiger partial charge is 0.240 e. The normalized spacial score (nSPS) is 23.7. The first-order valence-electron chi connectivity index (χ1n) is 6.69. The second kappa shape index (κ2) is 4.69. The fourth-order valence-corrected chi connectivity index (χ4v) is 2.40. The van der Waals surface area contributed by atoms with Crippen LogP contribution >= 0.6 is 0 Å². The van der Waals surface area contributed by atoms with Crippen molar-refractivity contribution in [3.63, 3.8) is 0 Å². The molecule has 0 spiro atoms. The van der Waals surface area contributed by atoms with Crippen LogP contribution in [0.4, 0.5) is 0 Å². The van der Waals surface area contributed by atoms with Crippen LogP contribution in [0.5, 0.6) is 0 Å². The monoisotopic (exact) mass is 245 g/mol. The number of carbonyl (C=O) groups excluding carboxylic acids is 1. The lowest BCUT2D eigenvalue weighted by Crippen LogP contribution is -2.39. The van der Waals surface area contributed by atoms with Crippen molar-refractivity contribution in [1.29, 1.82) is 0 Å². The van der Waals surface area contributed by atoms with Crippen molar-refractivity contribution in [2.75, 3.05) is 6.54 Å². The molecule has 1 aromatic heterocycles. The fraction of sp³-hybridized carbons (Fsp3) is 0.571. The molecule has 4 nitrogen and oxygen atoms in total. The number of nitrogens with one attached hydrogen (secondary N) is 1. The zero-order valence-electron chi connectivity index (χ0n) is 10.7. The van der Waals surface area contributed by atoms with Crippen LogP contribution in [0.2, 0.25) is 0 Å². The van der Waals surface area contributed by atoms with Crippen molar-refractivity contribution >= 4 is 5.91 Å². The number of aryl methyl sites for hydroxylation is 1. The van der Waals surface area contributed by atoms with Crippen molar-refractivity contribution in [1.82, 2.24) is 15.2 Å². The van der Waals surface area contributed by atoms with Gasteiger partial charge in [0.15, 0.2) is 0 Å². The van der Waals surface area contributed by atoms with Gasteiger partial charge in [0.05, 0.1) is 6.04 Å². The Balaban J connectivity index is 1.59. The Morgan fingerprint density at radius 1 is 1.39 bits per heavy atom. The molecule has 1 saturated carbocycles. The molecule has 1 atom stereocenters. The molecule has 2 heterocycles. The fourth-order valence-electron chi connectivity index (χ4n) is 2.40. The number of nitrogens with zero attached hydrogens (tertiary/aromatic N) is 2. The van der Waals surface area contributed by atoms with Crippen LogP contribution in [0.3, 0.4) is 0 Å². The maximum Gasteiger partial charge on any atom is 0.240 e. The maximum absolute atomic E-state index is 12.2. The Hall–Kier alpha value is -1.42. The summed E-state index contributed by atoms with van der Waals surface area (Å²) in [5.41, 5.74) is 2.13. The summed E-state index contributed by atoms with van der Waals surface area (Å²) in [6.07, 6.45) is 5.26. The standard InChI is InChI=1S/C14H19N3O/c1-10-2-3-11(8-15-10)9-17-7-6-13(14(17)18)16-12-4-5-12/h2-3,8,12-13,16H,4-7,9H2,1H3. The first-order valence-corrected chi connectivity index (χ1v) is 6.69. The number of aromatic nitrogens is 1. The molecule has 1 unspecified atom stereocenters. The summed E-state index contributed by atoms with van der Waals surface area (Å²) in [6.45, 7) is 3.52. The third-order valence-corrected chi connectivity index (χ3v) is 3.66. The number of hydrogen-bond donors (Lipinski definition) is 1. The van der Waals surface area contributed by atoms with E-state index < -0.39 is 0 Å². The largest absolute Gasteiger partial charge is 0.337 e. The van der Waals surface area contributed by atoms with Gasteiger partial charge in [0.25, 0.3) is 0 Å². The average molecular weight is 245 g/mol. The average Bonchev–Trinajstić information content (AvgIpc) is 3.12. The number of likely N-dealkylation sites (tertiary alicyclic amines) is 1. The summed E-state index contributed by atoms with van der Waals surface area (Å²) in [5, 5.41) is 3.42. The van der Waals surface area contributed by atoms with E-state index in [1.54, 1.807) is 0 Å². The molecule has 4 heteroatoms. The highest BCUT2D eigenvalue weighted by Gasteiger charge is 2.35. The minimum absolute atomic E-state index is 0.0518. The molecule has 2 fully saturated rings. The lowest BCUT2D eigenvalue weighted by atomic mass is 10.2. The molecule has 18 heavy (non-hydrogen) atoms. The lowest BCUT2D eigenvalue weighted by Gasteiger charge is -2.17. The van der Waals surface area contributed by atoms with E-state index in [9.17, 15) is 4.79 Å². The van der Waals surface area contributed by atoms with Crippen LogP contribution < -0.4 is 5.32 Å². The molecule has 1 N–H and O–H groups in total. The Labute approximate surface area is 107 Å². The van der Waals surface area contributed by atoms with Gasteiger partial charge < -0.3 is 10.2 Å². The Kier molecular flexibility index (Phi) is 3.04. The predicted octanol–water partition coefficient (Wildman–Crippen LogP) is 1.24.